The molecule has 40 heteroatoms. The monoisotopic (exact) mass is 2020 g/mol. The molecule has 6 atom stereocenters. The van der Waals surface area contributed by atoms with Crippen LogP contribution in [-0.4, -0.2) is 212 Å². The molecular weight excluding hydrogens is 1920 g/mol. The van der Waals surface area contributed by atoms with Crippen molar-refractivity contribution in [3.63, 3.8) is 0 Å². The zero-order valence-corrected chi connectivity index (χ0v) is 76.1. The van der Waals surface area contributed by atoms with Gasteiger partial charge >= 0.3 is 72.0 Å². The number of rotatable bonds is 27. The Bertz CT molecular complexity index is 5490. The fourth-order valence-corrected chi connectivity index (χ4v) is 12.2. The maximum absolute atomic E-state index is 12.8. The van der Waals surface area contributed by atoms with Crippen LogP contribution in [0, 0.1) is 0 Å². The number of benzene rings is 8. The molecule has 0 spiro atoms. The topological polar surface area (TPSA) is 508 Å². The Kier molecular flexibility index (Phi) is 44.7. The molecule has 3 aliphatic heterocycles. The summed E-state index contributed by atoms with van der Waals surface area (Å²) in [6, 6.07) is 34.5. The third-order valence-electron chi connectivity index (χ3n) is 18.1. The summed E-state index contributed by atoms with van der Waals surface area (Å²) in [7, 11) is 17.3. The predicted octanol–water partition coefficient (Wildman–Crippen LogP) is 12.9. The van der Waals surface area contributed by atoms with Crippen molar-refractivity contribution >= 4 is 87.8 Å². The summed E-state index contributed by atoms with van der Waals surface area (Å²) in [4.78, 5) is 92.4. The van der Waals surface area contributed by atoms with Crippen molar-refractivity contribution in [1.29, 1.82) is 0 Å². The summed E-state index contributed by atoms with van der Waals surface area (Å²) in [5.74, 6) is -2.83. The van der Waals surface area contributed by atoms with Crippen LogP contribution in [-0.2, 0) is 123 Å². The van der Waals surface area contributed by atoms with Gasteiger partial charge in [0.25, 0.3) is 0 Å². The van der Waals surface area contributed by atoms with Crippen LogP contribution in [0.1, 0.15) is 105 Å². The molecule has 8 aromatic rings. The van der Waals surface area contributed by atoms with E-state index >= 15 is 0 Å². The fourth-order valence-electron chi connectivity index (χ4n) is 12.2. The Morgan fingerprint density at radius 1 is 0.338 bits per heavy atom. The van der Waals surface area contributed by atoms with E-state index in [1.54, 1.807) is 156 Å². The standard InChI is InChI=1S/C23H24O8.C22H22O8.C21H20O8.C11H12O4.C10H10O4.C2H8O4S.CH4.2Ag.O/c1-26-16-8-7-14(12-17(16)27-2)21-20(23(25)30-5)15-10-13(6-9-19(24)29-4)11-18(28-3)22(15)31-21;1-26-16-11-13(6-7-15(16)23)20-19(22(25)29-4)14-9-12(5-8-18(24)28-3)10-17(27-2)21(14)30-20;1-26-14-6-5-12(10-15(14)27-2)19-18(21(24)25)13-8-11(4-7-17(22)23)9-16(28-3)20(13)29-19;1-14-10-7-8(3-5-9(10)12)4-6-11(13)15-2;1-14-9-6-7(2-4-8(9)11)3-5-10(12)13;1-7(2,4,5)6-3;;;;/h6-12,20-21H,1-5H3;5-11,19-20,23H,1-4H3;4-10,18-19H,1-3H3,(H,22,23)(H,24,25);3-7,12H,1-2H3;2-6,11H,1H3,(H,12,13);3H,1-2H3,(H,4,5);1H4;;;/b9-6+;8-5+;7-4+;6-4+;5-3+;;;;;. The quantitative estimate of drug-likeness (QED) is 0.00592. The molecule has 3 aliphatic rings. The number of esters is 5. The second kappa shape index (κ2) is 52.6. The molecule has 1 radical (unpaired) electrons. The van der Waals surface area contributed by atoms with Crippen LogP contribution in [0.15, 0.2) is 158 Å². The van der Waals surface area contributed by atoms with E-state index < -0.39 is 93.4 Å². The summed E-state index contributed by atoms with van der Waals surface area (Å²) in [6.45, 7) is 0. The van der Waals surface area contributed by atoms with Crippen LogP contribution in [0.5, 0.6) is 92.0 Å². The Morgan fingerprint density at radius 3 is 0.862 bits per heavy atom. The van der Waals surface area contributed by atoms with Crippen LogP contribution in [0.4, 0.5) is 0 Å². The zero-order chi connectivity index (χ0) is 95.5. The number of carbonyl (C=O) groups excluding carboxylic acids is 5. The second-order valence-corrected chi connectivity index (χ2v) is 30.0. The first-order chi connectivity index (χ1) is 60.9. The van der Waals surface area contributed by atoms with E-state index in [0.717, 1.165) is 30.2 Å². The Hall–Kier alpha value is -13.7. The molecule has 0 aromatic heterocycles. The van der Waals surface area contributed by atoms with E-state index in [-0.39, 0.29) is 52.8 Å². The number of ether oxygens (including phenoxy) is 18. The zero-order valence-electron chi connectivity index (χ0n) is 72.3. The molecule has 0 saturated carbocycles. The van der Waals surface area contributed by atoms with Crippen molar-refractivity contribution < 1.29 is 219 Å². The Labute approximate surface area is 775 Å². The minimum atomic E-state index is -4.06. The summed E-state index contributed by atoms with van der Waals surface area (Å²) >= 11 is 1.70. The number of hydrogen-bond donors (Lipinski definition) is 8. The minimum absolute atomic E-state index is 0. The molecule has 37 nitrogen and oxygen atoms in total. The van der Waals surface area contributed by atoms with Gasteiger partial charge in [0.05, 0.1) is 107 Å². The summed E-state index contributed by atoms with van der Waals surface area (Å²) < 4.78 is 124. The number of phenols is 3. The molecule has 8 N–H and O–H groups in total. The van der Waals surface area contributed by atoms with E-state index in [0.29, 0.717) is 125 Å². The van der Waals surface area contributed by atoms with Crippen LogP contribution >= 0.6 is 0 Å². The number of hydrogen-bond acceptors (Lipinski definition) is 33. The van der Waals surface area contributed by atoms with E-state index in [9.17, 15) is 63.0 Å². The first-order valence-electron chi connectivity index (χ1n) is 36.9. The average molecular weight is 2020 g/mol. The van der Waals surface area contributed by atoms with Gasteiger partial charge in [-0.3, -0.25) is 14.4 Å². The Balaban J connectivity index is 0.000000418. The van der Waals surface area contributed by atoms with Crippen molar-refractivity contribution in [3.05, 3.63) is 219 Å². The van der Waals surface area contributed by atoms with Gasteiger partial charge in [-0.2, -0.15) is 0 Å². The average Bonchev–Trinajstić information content (AvgIpc) is 1.62. The number of fused-ring (bicyclic) bond motifs is 3. The molecule has 11 rings (SSSR count). The maximum atomic E-state index is 12.8. The molecule has 8 aromatic carbocycles. The number of carbonyl (C=O) groups is 8. The number of phenolic OH excluding ortho intramolecular Hbond substituents is 3. The number of aliphatic carboxylic acids is 3. The molecule has 0 saturated heterocycles. The van der Waals surface area contributed by atoms with Gasteiger partial charge in [-0.05, 0) is 172 Å². The number of carboxylic acids is 3. The van der Waals surface area contributed by atoms with Gasteiger partial charge in [-0.25, -0.2) is 33.4 Å². The Morgan fingerprint density at radius 2 is 0.585 bits per heavy atom. The van der Waals surface area contributed by atoms with Crippen LogP contribution < -0.4 is 61.6 Å². The molecule has 0 aliphatic carbocycles. The molecule has 710 valence electrons. The molecule has 0 bridgehead atoms. The predicted molar refractivity (Wildman–Crippen MR) is 462 cm³/mol. The molecule has 130 heavy (non-hydrogen) atoms. The van der Waals surface area contributed by atoms with Crippen LogP contribution in [0.3, 0.4) is 0 Å². The van der Waals surface area contributed by atoms with Gasteiger partial charge in [0.15, 0.2) is 92.0 Å². The van der Waals surface area contributed by atoms with Gasteiger partial charge < -0.3 is 120 Å². The van der Waals surface area contributed by atoms with Gasteiger partial charge in [0.2, 0.25) is 0 Å². The van der Waals surface area contributed by atoms with Crippen LogP contribution in [0.25, 0.3) is 30.4 Å². The van der Waals surface area contributed by atoms with Gasteiger partial charge in [-0.15, -0.1) is 4.33 Å². The second-order valence-electron chi connectivity index (χ2n) is 26.5. The van der Waals surface area contributed by atoms with E-state index in [4.69, 9.17) is 94.3 Å². The molecule has 6 unspecified atom stereocenters. The number of carboxylic acid groups (broad SMARTS) is 3. The van der Waals surface area contributed by atoms with Crippen LogP contribution in [0.2, 0.25) is 0 Å². The summed E-state index contributed by atoms with van der Waals surface area (Å²) in [6.07, 6.45) is 12.9. The normalized spacial score (nSPS) is 15.2. The SMILES string of the molecule is C.COC(=O)/C=C/c1cc(OC)c2c(c1)C(C(=O)OC)C(c1ccc(O)c(OC)c1)O2.COC(=O)/C=C/c1cc(OC)c2c(c1)C(C(=O)OC)C(c1ccc(OC)c(OC)c1)O2.COC(=O)/C=C/c1ccc(O)c(OC)c1.COc1cc(/C=C/C(=O)O)ccc1O.COc1ccc(C2Oc3c(OC)cc(/C=C/C(=O)O)cc3C2C(=O)O)cc1OC.CS(C)(=O)(O)OO.[Ag].[O]=[Ag]. The molecule has 3 heterocycles. The van der Waals surface area contributed by atoms with Crippen molar-refractivity contribution in [1.82, 2.24) is 0 Å². The van der Waals surface area contributed by atoms with Crippen molar-refractivity contribution in [2.75, 3.05) is 119 Å². The van der Waals surface area contributed by atoms with Gasteiger partial charge in [0.1, 0.15) is 45.7 Å². The number of methoxy groups -OCH3 is 15. The van der Waals surface area contributed by atoms with Crippen molar-refractivity contribution in [2.24, 2.45) is 0 Å². The summed E-state index contributed by atoms with van der Waals surface area (Å²) in [5.41, 5.74) is 6.63. The fraction of sp³-hybridized carbons (Fsp3) is 0.267. The van der Waals surface area contributed by atoms with Gasteiger partial charge in [-0.1, -0.05) is 37.8 Å². The van der Waals surface area contributed by atoms with E-state index in [1.807, 2.05) is 0 Å². The first-order valence-corrected chi connectivity index (χ1v) is 40.2. The summed E-state index contributed by atoms with van der Waals surface area (Å²) in [5, 5.41) is 63.3. The third-order valence-corrected chi connectivity index (χ3v) is 18.5. The number of aromatic hydroxyl groups is 3. The molecular formula is C90H100Ag2O37S. The van der Waals surface area contributed by atoms with Crippen molar-refractivity contribution in [2.45, 2.75) is 43.5 Å². The van der Waals surface area contributed by atoms with Crippen molar-refractivity contribution in [3.8, 4) is 92.0 Å². The first kappa shape index (κ1) is 111. The third kappa shape index (κ3) is 30.8. The van der Waals surface area contributed by atoms with E-state index in [1.165, 1.54) is 148 Å². The molecule has 0 amide bonds. The molecule has 0 fully saturated rings. The van der Waals surface area contributed by atoms with Gasteiger partial charge in [0, 0.05) is 82.0 Å². The van der Waals surface area contributed by atoms with E-state index in [2.05, 4.69) is 18.5 Å².